The first-order valence-corrected chi connectivity index (χ1v) is 4.76. The summed E-state index contributed by atoms with van der Waals surface area (Å²) < 4.78 is 10.2. The number of hydrogen-bond acceptors (Lipinski definition) is 3. The average Bonchev–Trinajstić information content (AvgIpc) is 2.28. The van der Waals surface area contributed by atoms with E-state index in [4.69, 9.17) is 9.47 Å². The smallest absolute Gasteiger partial charge is 0.230 e. The molecule has 0 aliphatic carbocycles. The zero-order valence-electron chi connectivity index (χ0n) is 9.53. The molecule has 0 heterocycles. The summed E-state index contributed by atoms with van der Waals surface area (Å²) >= 11 is 0. The van der Waals surface area contributed by atoms with E-state index in [1.807, 2.05) is 25.1 Å². The van der Waals surface area contributed by atoms with E-state index in [9.17, 15) is 4.79 Å². The van der Waals surface area contributed by atoms with Crippen LogP contribution < -0.4 is 0 Å². The maximum absolute atomic E-state index is 12.1. The molecule has 0 aliphatic rings. The molecular formula is C12H16O3. The zero-order valence-corrected chi connectivity index (χ0v) is 9.53. The minimum absolute atomic E-state index is 0.161. The summed E-state index contributed by atoms with van der Waals surface area (Å²) in [7, 11) is 2.92. The van der Waals surface area contributed by atoms with E-state index >= 15 is 0 Å². The summed E-state index contributed by atoms with van der Waals surface area (Å²) in [6.07, 6.45) is 0. The van der Waals surface area contributed by atoms with Gasteiger partial charge >= 0.3 is 0 Å². The van der Waals surface area contributed by atoms with Crippen LogP contribution in [-0.4, -0.2) is 25.8 Å². The Morgan fingerprint density at radius 2 is 1.73 bits per heavy atom. The van der Waals surface area contributed by atoms with Crippen molar-refractivity contribution >= 4 is 5.78 Å². The Morgan fingerprint density at radius 1 is 1.20 bits per heavy atom. The molecule has 82 valence electrons. The van der Waals surface area contributed by atoms with E-state index in [-0.39, 0.29) is 5.78 Å². The number of aryl methyl sites for hydroxylation is 1. The molecule has 0 amide bonds. The number of Topliss-reactive ketones (excluding diaryl/α,β-unsaturated/α-hetero) is 1. The van der Waals surface area contributed by atoms with Crippen LogP contribution in [0.1, 0.15) is 22.8 Å². The van der Waals surface area contributed by atoms with Crippen LogP contribution in [0, 0.1) is 6.92 Å². The van der Waals surface area contributed by atoms with Gasteiger partial charge in [-0.25, -0.2) is 0 Å². The van der Waals surface area contributed by atoms with Crippen LogP contribution in [0.4, 0.5) is 0 Å². The van der Waals surface area contributed by atoms with Crippen LogP contribution in [0.5, 0.6) is 0 Å². The van der Waals surface area contributed by atoms with Crippen molar-refractivity contribution in [2.24, 2.45) is 0 Å². The number of methoxy groups -OCH3 is 2. The summed E-state index contributed by atoms with van der Waals surface area (Å²) in [6.45, 7) is 3.50. The van der Waals surface area contributed by atoms with Gasteiger partial charge in [-0.15, -0.1) is 0 Å². The summed E-state index contributed by atoms with van der Waals surface area (Å²) in [5, 5.41) is 0. The third kappa shape index (κ3) is 2.25. The minimum atomic E-state index is -1.20. The fraction of sp³-hybridized carbons (Fsp3) is 0.417. The molecule has 1 aromatic carbocycles. The number of ketones is 1. The second-order valence-corrected chi connectivity index (χ2v) is 3.50. The second kappa shape index (κ2) is 4.55. The number of hydrogen-bond donors (Lipinski definition) is 0. The van der Waals surface area contributed by atoms with Crippen LogP contribution in [0.3, 0.4) is 0 Å². The molecule has 0 saturated heterocycles. The molecule has 0 radical (unpaired) electrons. The van der Waals surface area contributed by atoms with E-state index in [1.54, 1.807) is 13.0 Å². The first kappa shape index (κ1) is 11.9. The number of ether oxygens (including phenoxy) is 2. The normalized spacial score (nSPS) is 11.5. The SMILES string of the molecule is COC(C)(OC)C(=O)c1ccccc1C. The molecule has 0 aromatic heterocycles. The van der Waals surface area contributed by atoms with Gasteiger partial charge in [0.05, 0.1) is 0 Å². The molecule has 0 spiro atoms. The molecule has 1 rings (SSSR count). The fourth-order valence-electron chi connectivity index (χ4n) is 1.34. The molecule has 1 aromatic rings. The Hall–Kier alpha value is -1.19. The van der Waals surface area contributed by atoms with Gasteiger partial charge in [0.2, 0.25) is 11.6 Å². The van der Waals surface area contributed by atoms with Crippen molar-refractivity contribution in [3.05, 3.63) is 35.4 Å². The van der Waals surface area contributed by atoms with Gasteiger partial charge in [0, 0.05) is 19.8 Å². The first-order chi connectivity index (χ1) is 7.05. The van der Waals surface area contributed by atoms with Gasteiger partial charge < -0.3 is 9.47 Å². The first-order valence-electron chi connectivity index (χ1n) is 4.76. The molecule has 0 aliphatic heterocycles. The standard InChI is InChI=1S/C12H16O3/c1-9-7-5-6-8-10(9)11(13)12(2,14-3)15-4/h5-8H,1-4H3. The molecular weight excluding hydrogens is 192 g/mol. The molecule has 15 heavy (non-hydrogen) atoms. The molecule has 0 N–H and O–H groups in total. The predicted molar refractivity (Wildman–Crippen MR) is 57.9 cm³/mol. The van der Waals surface area contributed by atoms with Crippen LogP contribution in [0.25, 0.3) is 0 Å². The minimum Gasteiger partial charge on any atom is -0.347 e. The van der Waals surface area contributed by atoms with E-state index in [0.717, 1.165) is 5.56 Å². The summed E-state index contributed by atoms with van der Waals surface area (Å²) in [4.78, 5) is 12.1. The lowest BCUT2D eigenvalue weighted by Crippen LogP contribution is -2.39. The van der Waals surface area contributed by atoms with Gasteiger partial charge in [0.25, 0.3) is 0 Å². The van der Waals surface area contributed by atoms with Gasteiger partial charge in [0.1, 0.15) is 0 Å². The highest BCUT2D eigenvalue weighted by Gasteiger charge is 2.34. The van der Waals surface area contributed by atoms with E-state index in [0.29, 0.717) is 5.56 Å². The van der Waals surface area contributed by atoms with Gasteiger partial charge in [-0.05, 0) is 19.4 Å². The van der Waals surface area contributed by atoms with Gasteiger partial charge in [-0.2, -0.15) is 0 Å². The van der Waals surface area contributed by atoms with Gasteiger partial charge in [-0.1, -0.05) is 24.3 Å². The molecule has 0 fully saturated rings. The van der Waals surface area contributed by atoms with Crippen molar-refractivity contribution in [2.75, 3.05) is 14.2 Å². The van der Waals surface area contributed by atoms with Crippen molar-refractivity contribution in [3.8, 4) is 0 Å². The quantitative estimate of drug-likeness (QED) is 0.562. The third-order valence-electron chi connectivity index (χ3n) is 2.58. The Kier molecular flexibility index (Phi) is 3.61. The van der Waals surface area contributed by atoms with Crippen molar-refractivity contribution < 1.29 is 14.3 Å². The van der Waals surface area contributed by atoms with Crippen LogP contribution in [0.2, 0.25) is 0 Å². The highest BCUT2D eigenvalue weighted by atomic mass is 16.7. The Labute approximate surface area is 90.0 Å². The Morgan fingerprint density at radius 3 is 2.20 bits per heavy atom. The number of carbonyl (C=O) groups excluding carboxylic acids is 1. The molecule has 3 nitrogen and oxygen atoms in total. The van der Waals surface area contributed by atoms with E-state index in [2.05, 4.69) is 0 Å². The van der Waals surface area contributed by atoms with E-state index < -0.39 is 5.79 Å². The number of rotatable bonds is 4. The highest BCUT2D eigenvalue weighted by molar-refractivity contribution is 6.02. The van der Waals surface area contributed by atoms with Crippen molar-refractivity contribution in [2.45, 2.75) is 19.6 Å². The highest BCUT2D eigenvalue weighted by Crippen LogP contribution is 2.19. The number of benzene rings is 1. The largest absolute Gasteiger partial charge is 0.347 e. The Balaban J connectivity index is 3.09. The summed E-state index contributed by atoms with van der Waals surface area (Å²) in [5.41, 5.74) is 1.55. The topological polar surface area (TPSA) is 35.5 Å². The average molecular weight is 208 g/mol. The molecule has 0 bridgehead atoms. The Bertz CT molecular complexity index is 354. The van der Waals surface area contributed by atoms with Gasteiger partial charge in [0.15, 0.2) is 0 Å². The lowest BCUT2D eigenvalue weighted by atomic mass is 10.00. The maximum Gasteiger partial charge on any atom is 0.230 e. The van der Waals surface area contributed by atoms with Crippen LogP contribution >= 0.6 is 0 Å². The number of carbonyl (C=O) groups is 1. The monoisotopic (exact) mass is 208 g/mol. The van der Waals surface area contributed by atoms with E-state index in [1.165, 1.54) is 14.2 Å². The van der Waals surface area contributed by atoms with Crippen LogP contribution in [0.15, 0.2) is 24.3 Å². The molecule has 0 unspecified atom stereocenters. The lowest BCUT2D eigenvalue weighted by Gasteiger charge is -2.25. The van der Waals surface area contributed by atoms with Crippen molar-refractivity contribution in [1.29, 1.82) is 0 Å². The predicted octanol–water partition coefficient (Wildman–Crippen LogP) is 2.19. The fourth-order valence-corrected chi connectivity index (χ4v) is 1.34. The lowest BCUT2D eigenvalue weighted by molar-refractivity contribution is -0.155. The van der Waals surface area contributed by atoms with Gasteiger partial charge in [-0.3, -0.25) is 4.79 Å². The van der Waals surface area contributed by atoms with Crippen LogP contribution in [-0.2, 0) is 9.47 Å². The molecule has 0 saturated carbocycles. The zero-order chi connectivity index (χ0) is 11.5. The summed E-state index contributed by atoms with van der Waals surface area (Å²) in [6, 6.07) is 7.38. The summed E-state index contributed by atoms with van der Waals surface area (Å²) in [5.74, 6) is -1.36. The molecule has 3 heteroatoms. The second-order valence-electron chi connectivity index (χ2n) is 3.50. The maximum atomic E-state index is 12.1. The van der Waals surface area contributed by atoms with Crippen molar-refractivity contribution in [3.63, 3.8) is 0 Å². The molecule has 0 atom stereocenters. The van der Waals surface area contributed by atoms with Crippen molar-refractivity contribution in [1.82, 2.24) is 0 Å². The third-order valence-corrected chi connectivity index (χ3v) is 2.58.